The highest BCUT2D eigenvalue weighted by molar-refractivity contribution is 5.97. The first kappa shape index (κ1) is 14.6. The van der Waals surface area contributed by atoms with Gasteiger partial charge in [-0.2, -0.15) is 0 Å². The normalized spacial score (nSPS) is 12.6. The van der Waals surface area contributed by atoms with Crippen molar-refractivity contribution in [2.24, 2.45) is 0 Å². The van der Waals surface area contributed by atoms with Gasteiger partial charge in [0.25, 0.3) is 0 Å². The maximum absolute atomic E-state index is 13.6. The molecule has 0 unspecified atom stereocenters. The maximum Gasteiger partial charge on any atom is 0.249 e. The molecule has 24 heavy (non-hydrogen) atoms. The number of ether oxygens (including phenoxy) is 3. The Kier molecular flexibility index (Phi) is 3.37. The molecule has 0 aliphatic carbocycles. The highest BCUT2D eigenvalue weighted by atomic mass is 19.1. The van der Waals surface area contributed by atoms with E-state index in [0.717, 1.165) is 5.39 Å². The fraction of sp³-hybridized carbons (Fsp3) is 0.167. The summed E-state index contributed by atoms with van der Waals surface area (Å²) in [5.41, 5.74) is 1.65. The van der Waals surface area contributed by atoms with E-state index in [0.29, 0.717) is 40.5 Å². The van der Waals surface area contributed by atoms with Crippen LogP contribution in [0.4, 0.5) is 4.39 Å². The van der Waals surface area contributed by atoms with E-state index in [1.807, 2.05) is 13.0 Å². The van der Waals surface area contributed by atoms with Gasteiger partial charge < -0.3 is 19.2 Å². The molecule has 0 spiro atoms. The second kappa shape index (κ2) is 5.56. The van der Waals surface area contributed by atoms with Crippen LogP contribution in [0.2, 0.25) is 0 Å². The lowest BCUT2D eigenvalue weighted by Crippen LogP contribution is -2.05. The topological polar surface area (TPSA) is 60.6 Å². The lowest BCUT2D eigenvalue weighted by atomic mass is 10.00. The smallest absolute Gasteiger partial charge is 0.249 e. The Bertz CT molecular complexity index is 996. The first-order chi connectivity index (χ1) is 11.7. The summed E-state index contributed by atoms with van der Waals surface area (Å²) in [5.74, 6) is 1.19. The molecule has 0 saturated carbocycles. The molecule has 1 aliphatic rings. The fourth-order valence-electron chi connectivity index (χ4n) is 2.86. The van der Waals surface area contributed by atoms with Crippen molar-refractivity contribution in [2.45, 2.75) is 6.92 Å². The Balaban J connectivity index is 2.02. The number of rotatable bonds is 3. The van der Waals surface area contributed by atoms with Crippen LogP contribution in [-0.2, 0) is 0 Å². The van der Waals surface area contributed by atoms with E-state index in [9.17, 15) is 9.18 Å². The van der Waals surface area contributed by atoms with Crippen LogP contribution in [0.1, 0.15) is 6.92 Å². The summed E-state index contributed by atoms with van der Waals surface area (Å²) in [6.45, 7) is 2.36. The minimum Gasteiger partial charge on any atom is -0.493 e. The van der Waals surface area contributed by atoms with Crippen molar-refractivity contribution in [3.63, 3.8) is 0 Å². The third-order valence-corrected chi connectivity index (χ3v) is 3.87. The van der Waals surface area contributed by atoms with Crippen LogP contribution in [0.15, 0.2) is 41.2 Å². The van der Waals surface area contributed by atoms with Gasteiger partial charge in [0.1, 0.15) is 11.6 Å². The number of hydrogen-bond donors (Lipinski definition) is 1. The summed E-state index contributed by atoms with van der Waals surface area (Å²) >= 11 is 0. The molecule has 1 N–H and O–H groups in total. The summed E-state index contributed by atoms with van der Waals surface area (Å²) in [5, 5.41) is 0.770. The molecule has 0 amide bonds. The van der Waals surface area contributed by atoms with Crippen LogP contribution in [0, 0.1) is 5.82 Å². The molecule has 2 heterocycles. The Morgan fingerprint density at radius 2 is 1.92 bits per heavy atom. The molecule has 3 aromatic rings. The summed E-state index contributed by atoms with van der Waals surface area (Å²) in [4.78, 5) is 14.9. The number of pyridine rings is 1. The first-order valence-electron chi connectivity index (χ1n) is 7.55. The van der Waals surface area contributed by atoms with Gasteiger partial charge in [-0.05, 0) is 25.1 Å². The molecule has 0 saturated heterocycles. The van der Waals surface area contributed by atoms with Crippen molar-refractivity contribution in [3.8, 4) is 28.4 Å². The molecular formula is C18H14FNO4. The highest BCUT2D eigenvalue weighted by Crippen LogP contribution is 2.40. The molecule has 0 radical (unpaired) electrons. The minimum atomic E-state index is -0.394. The standard InChI is InChI=1S/C18H14FNO4/c1-2-22-15-5-10(19)3-4-11(15)12-7-18(21)20-14-8-17-16(6-13(12)14)23-9-24-17/h3-8H,2,9H2,1H3,(H,20,21). The minimum absolute atomic E-state index is 0.145. The Hall–Kier alpha value is -3.02. The summed E-state index contributed by atoms with van der Waals surface area (Å²) in [6.07, 6.45) is 0. The van der Waals surface area contributed by atoms with Gasteiger partial charge in [-0.25, -0.2) is 4.39 Å². The van der Waals surface area contributed by atoms with Crippen molar-refractivity contribution in [1.82, 2.24) is 4.98 Å². The number of aromatic nitrogens is 1. The molecule has 5 nitrogen and oxygen atoms in total. The predicted octanol–water partition coefficient (Wildman–Crippen LogP) is 3.46. The quantitative estimate of drug-likeness (QED) is 0.800. The Morgan fingerprint density at radius 3 is 2.71 bits per heavy atom. The van der Waals surface area contributed by atoms with E-state index in [2.05, 4.69) is 4.98 Å². The zero-order valence-electron chi connectivity index (χ0n) is 12.9. The van der Waals surface area contributed by atoms with E-state index in [-0.39, 0.29) is 12.4 Å². The second-order valence-electron chi connectivity index (χ2n) is 5.37. The van der Waals surface area contributed by atoms with Crippen molar-refractivity contribution in [3.05, 3.63) is 52.6 Å². The van der Waals surface area contributed by atoms with Gasteiger partial charge in [0, 0.05) is 34.7 Å². The summed E-state index contributed by atoms with van der Waals surface area (Å²) < 4.78 is 29.9. The molecule has 1 aromatic heterocycles. The van der Waals surface area contributed by atoms with Gasteiger partial charge in [0.2, 0.25) is 12.4 Å². The van der Waals surface area contributed by atoms with Crippen LogP contribution >= 0.6 is 0 Å². The zero-order chi connectivity index (χ0) is 16.7. The number of H-pyrrole nitrogens is 1. The molecule has 1 aliphatic heterocycles. The number of aromatic amines is 1. The number of benzene rings is 2. The Labute approximate surface area is 136 Å². The predicted molar refractivity (Wildman–Crippen MR) is 87.3 cm³/mol. The van der Waals surface area contributed by atoms with Gasteiger partial charge in [0.15, 0.2) is 11.5 Å². The third-order valence-electron chi connectivity index (χ3n) is 3.87. The van der Waals surface area contributed by atoms with Crippen LogP contribution < -0.4 is 19.8 Å². The SMILES string of the molecule is CCOc1cc(F)ccc1-c1cc(=O)[nH]c2cc3c(cc12)OCO3. The van der Waals surface area contributed by atoms with Gasteiger partial charge in [-0.1, -0.05) is 0 Å². The van der Waals surface area contributed by atoms with E-state index in [4.69, 9.17) is 14.2 Å². The summed E-state index contributed by atoms with van der Waals surface area (Å²) in [6, 6.07) is 9.28. The van der Waals surface area contributed by atoms with Crippen LogP contribution in [0.25, 0.3) is 22.0 Å². The molecular weight excluding hydrogens is 313 g/mol. The molecule has 6 heteroatoms. The van der Waals surface area contributed by atoms with E-state index in [1.54, 1.807) is 12.1 Å². The van der Waals surface area contributed by atoms with E-state index in [1.165, 1.54) is 18.2 Å². The van der Waals surface area contributed by atoms with Crippen molar-refractivity contribution < 1.29 is 18.6 Å². The first-order valence-corrected chi connectivity index (χ1v) is 7.55. The lowest BCUT2D eigenvalue weighted by Gasteiger charge is -2.13. The molecule has 0 bridgehead atoms. The third kappa shape index (κ3) is 2.36. The maximum atomic E-state index is 13.6. The monoisotopic (exact) mass is 327 g/mol. The molecule has 0 fully saturated rings. The average Bonchev–Trinajstić information content (AvgIpc) is 3.00. The van der Waals surface area contributed by atoms with Crippen LogP contribution in [-0.4, -0.2) is 18.4 Å². The van der Waals surface area contributed by atoms with Crippen molar-refractivity contribution in [1.29, 1.82) is 0 Å². The van der Waals surface area contributed by atoms with Crippen LogP contribution in [0.5, 0.6) is 17.2 Å². The number of hydrogen-bond acceptors (Lipinski definition) is 4. The Morgan fingerprint density at radius 1 is 1.12 bits per heavy atom. The second-order valence-corrected chi connectivity index (χ2v) is 5.37. The molecule has 4 rings (SSSR count). The van der Waals surface area contributed by atoms with Gasteiger partial charge in [-0.3, -0.25) is 4.79 Å². The van der Waals surface area contributed by atoms with Crippen molar-refractivity contribution >= 4 is 10.9 Å². The fourth-order valence-corrected chi connectivity index (χ4v) is 2.86. The zero-order valence-corrected chi connectivity index (χ0v) is 12.9. The number of fused-ring (bicyclic) bond motifs is 2. The van der Waals surface area contributed by atoms with Gasteiger partial charge in [0.05, 0.1) is 12.1 Å². The number of halogens is 1. The molecule has 0 atom stereocenters. The highest BCUT2D eigenvalue weighted by Gasteiger charge is 2.18. The summed E-state index contributed by atoms with van der Waals surface area (Å²) in [7, 11) is 0. The van der Waals surface area contributed by atoms with Crippen LogP contribution in [0.3, 0.4) is 0 Å². The van der Waals surface area contributed by atoms with E-state index < -0.39 is 5.82 Å². The largest absolute Gasteiger partial charge is 0.493 e. The van der Waals surface area contributed by atoms with Gasteiger partial charge in [-0.15, -0.1) is 0 Å². The van der Waals surface area contributed by atoms with Gasteiger partial charge >= 0.3 is 0 Å². The van der Waals surface area contributed by atoms with E-state index >= 15 is 0 Å². The van der Waals surface area contributed by atoms with Crippen molar-refractivity contribution in [2.75, 3.05) is 13.4 Å². The number of nitrogens with one attached hydrogen (secondary N) is 1. The average molecular weight is 327 g/mol. The lowest BCUT2D eigenvalue weighted by molar-refractivity contribution is 0.174. The molecule has 122 valence electrons. The molecule has 2 aromatic carbocycles.